The molecule has 0 saturated heterocycles. The van der Waals surface area contributed by atoms with Gasteiger partial charge >= 0.3 is 35.3 Å². The smallest absolute Gasteiger partial charge is 0.357 e. The second-order valence-corrected chi connectivity index (χ2v) is 25.6. The second kappa shape index (κ2) is 39.6. The minimum absolute atomic E-state index is 0.0421. The highest BCUT2D eigenvalue weighted by molar-refractivity contribution is 5.91. The van der Waals surface area contributed by atoms with Gasteiger partial charge in [-0.15, -0.1) is 0 Å². The first kappa shape index (κ1) is 83.8. The van der Waals surface area contributed by atoms with E-state index in [0.717, 1.165) is 57.0 Å². The number of carboxylic acid groups (broad SMARTS) is 1. The first-order valence-electron chi connectivity index (χ1n) is 36.5. The molecule has 1 aliphatic carbocycles. The number of nitrogens with zero attached hydrogens (tertiary/aromatic N) is 16. The van der Waals surface area contributed by atoms with Crippen LogP contribution in [0.15, 0.2) is 263 Å². The van der Waals surface area contributed by atoms with E-state index in [4.69, 9.17) is 5.11 Å². The Labute approximate surface area is 671 Å². The van der Waals surface area contributed by atoms with E-state index in [0.29, 0.717) is 90.5 Å². The van der Waals surface area contributed by atoms with Crippen LogP contribution in [0, 0.1) is 39.2 Å². The number of ether oxygens (including phenoxy) is 3. The van der Waals surface area contributed by atoms with Crippen LogP contribution in [0.3, 0.4) is 0 Å². The van der Waals surface area contributed by atoms with Crippen LogP contribution in [0.1, 0.15) is 61.0 Å². The Morgan fingerprint density at radius 1 is 0.504 bits per heavy atom. The molecule has 35 nitrogen and oxygen atoms in total. The molecule has 0 fully saturated rings. The Bertz CT molecular complexity index is 6750. The second-order valence-electron chi connectivity index (χ2n) is 25.6. The number of fused-ring (bicyclic) bond motifs is 12. The largest absolute Gasteiger partial charge is 0.481 e. The lowest BCUT2D eigenvalue weighted by molar-refractivity contribution is -0.388. The van der Waals surface area contributed by atoms with Crippen molar-refractivity contribution in [1.29, 1.82) is 0 Å². The van der Waals surface area contributed by atoms with Crippen molar-refractivity contribution in [2.45, 2.75) is 71.5 Å². The first-order chi connectivity index (χ1) is 57.6. The highest BCUT2D eigenvalue weighted by Gasteiger charge is 2.23. The van der Waals surface area contributed by atoms with Crippen LogP contribution in [-0.4, -0.2) is 137 Å². The number of amides is 1. The van der Waals surface area contributed by atoms with Crippen LogP contribution >= 0.6 is 0 Å². The number of nitrogens with one attached hydrogen (secondary N) is 2. The summed E-state index contributed by atoms with van der Waals surface area (Å²) in [6, 6.07) is 44.9. The summed E-state index contributed by atoms with van der Waals surface area (Å²) in [5.74, 6) is -2.99. The number of esters is 3. The van der Waals surface area contributed by atoms with Gasteiger partial charge < -0.3 is 43.3 Å². The summed E-state index contributed by atoms with van der Waals surface area (Å²) in [5.41, 5.74) is 9.92. The minimum Gasteiger partial charge on any atom is -0.481 e. The number of benzene rings is 1. The van der Waals surface area contributed by atoms with Crippen molar-refractivity contribution in [3.05, 3.63) is 329 Å². The topological polar surface area (TPSA) is 430 Å². The van der Waals surface area contributed by atoms with Crippen LogP contribution in [0.5, 0.6) is 0 Å². The zero-order chi connectivity index (χ0) is 84.7. The maximum Gasteiger partial charge on any atom is 0.357 e. The van der Waals surface area contributed by atoms with Gasteiger partial charge in [0, 0.05) is 125 Å². The summed E-state index contributed by atoms with van der Waals surface area (Å²) in [5, 5.41) is 32.4. The Hall–Kier alpha value is -16.1. The lowest BCUT2D eigenvalue weighted by Gasteiger charge is -2.12. The third-order valence-electron chi connectivity index (χ3n) is 18.0. The van der Waals surface area contributed by atoms with Crippen molar-refractivity contribution in [2.24, 2.45) is 0 Å². The summed E-state index contributed by atoms with van der Waals surface area (Å²) in [4.78, 5) is 152. The molecule has 17 rings (SSSR count). The highest BCUT2D eigenvalue weighted by Crippen LogP contribution is 2.24. The zero-order valence-electron chi connectivity index (χ0n) is 64.1. The molecule has 0 atom stereocenters. The van der Waals surface area contributed by atoms with Gasteiger partial charge in [-0.3, -0.25) is 76.0 Å². The van der Waals surface area contributed by atoms with Crippen LogP contribution in [-0.2, 0) is 53.0 Å². The third-order valence-corrected chi connectivity index (χ3v) is 18.0. The molecule has 0 bridgehead atoms. The number of hydrogen-bond donors (Lipinski definition) is 3. The molecule has 3 N–H and O–H groups in total. The number of carboxylic acids is 1. The third kappa shape index (κ3) is 20.1. The number of H-pyrrole nitrogens is 1. The van der Waals surface area contributed by atoms with Gasteiger partial charge in [-0.05, 0) is 160 Å². The maximum absolute atomic E-state index is 12.8. The monoisotopic (exact) mass is 1610 g/mol. The van der Waals surface area contributed by atoms with Gasteiger partial charge in [-0.25, -0.2) is 39.5 Å². The van der Waals surface area contributed by atoms with Gasteiger partial charge in [-0.1, -0.05) is 17.7 Å². The van der Waals surface area contributed by atoms with Gasteiger partial charge in [0.05, 0.1) is 65.4 Å². The van der Waals surface area contributed by atoms with E-state index < -0.39 is 33.4 Å². The number of carbonyl (C=O) groups excluding carboxylic acids is 4. The number of nitro groups is 2. The van der Waals surface area contributed by atoms with E-state index >= 15 is 0 Å². The number of aliphatic carboxylic acids is 1. The van der Waals surface area contributed by atoms with Gasteiger partial charge in [0.2, 0.25) is 11.7 Å². The summed E-state index contributed by atoms with van der Waals surface area (Å²) < 4.78 is 39.4. The van der Waals surface area contributed by atoms with Crippen molar-refractivity contribution < 1.29 is 57.5 Å². The lowest BCUT2D eigenvalue weighted by Crippen LogP contribution is -2.24. The van der Waals surface area contributed by atoms with Crippen LogP contribution in [0.4, 0.5) is 21.5 Å². The predicted octanol–water partition coefficient (Wildman–Crippen LogP) is 11.2. The van der Waals surface area contributed by atoms with Crippen LogP contribution in [0.25, 0.3) is 72.5 Å². The fourth-order valence-corrected chi connectivity index (χ4v) is 12.5. The number of pyridine rings is 6. The number of aromatic amines is 1. The zero-order valence-corrected chi connectivity index (χ0v) is 64.1. The molecule has 36 heteroatoms. The van der Waals surface area contributed by atoms with E-state index in [9.17, 15) is 67.8 Å². The van der Waals surface area contributed by atoms with E-state index in [-0.39, 0.29) is 70.1 Å². The minimum atomic E-state index is -1.05. The number of rotatable bonds is 18. The predicted molar refractivity (Wildman–Crippen MR) is 436 cm³/mol. The van der Waals surface area contributed by atoms with Crippen molar-refractivity contribution in [3.8, 4) is 5.82 Å². The summed E-state index contributed by atoms with van der Waals surface area (Å²) in [7, 11) is 3.98. The summed E-state index contributed by atoms with van der Waals surface area (Å²) >= 11 is 0. The summed E-state index contributed by atoms with van der Waals surface area (Å²) in [6.45, 7) is 3.29. The molecule has 0 aliphatic heterocycles. The average Bonchev–Trinajstić information content (AvgIpc) is 1.72. The molecule has 0 radical (unpaired) electrons. The number of aromatic nitrogens is 15. The molecule has 1 aromatic carbocycles. The molecular weight excluding hydrogens is 1540 g/mol. The molecule has 0 spiro atoms. The normalized spacial score (nSPS) is 11.1. The molecule has 15 heterocycles. The molecule has 1 amide bonds. The molecule has 1 aliphatic rings. The molecule has 119 heavy (non-hydrogen) atoms. The molecule has 15 aromatic heterocycles. The standard InChI is InChI=1S/C21H20N4O2.C15H15N3O3.C14H13N3O3.C11H9N3O4.C10H7N3O.C7H7O2.C5H3FN2O2/c1-15-8-10-16(11-9-15)23-19(26)7-4-14-25-17-5-2-12-22-20(17)24-13-3-6-18(24)21(25)27;1-21-13(19)7-4-10-18-11-5-2-8-16-14(11)17-9-3-6-12(17)15(18)20;18-12(19)6-3-9-17-10-4-1-7-15-13(10)16-8-2-5-11(16)14(17)20;1-18-11(15)9-5-3-7-13(9)10-8(14(16)17)4-2-6-12-10;14-10-8-4-2-6-13(8)9-7(12-10)3-1-5-11-9;1-9-7(8)6-4-2-3-5-6;6-5-4(8(9)10)2-1-3-7-5/h2-3,5-6,8-13H,4,7,14H2,1H3,(H,23,26);2-3,5-6,8-9H,4,7,10H2,1H3;1-2,4-5,7-8H,3,6,9H2,(H,18,19);2-7H,1H3;1-6H,(H,12,14);2,4H,5H2,1H3;1-3H/q;;;;;+1;. The van der Waals surface area contributed by atoms with Crippen molar-refractivity contribution in [2.75, 3.05) is 26.6 Å². The number of halogens is 1. The summed E-state index contributed by atoms with van der Waals surface area (Å²) in [6.07, 6.45) is 27.3. The highest BCUT2D eigenvalue weighted by atomic mass is 19.1. The van der Waals surface area contributed by atoms with Crippen LogP contribution < -0.4 is 27.6 Å². The number of aryl methyl sites for hydroxylation is 4. The Morgan fingerprint density at radius 2 is 0.941 bits per heavy atom. The van der Waals surface area contributed by atoms with Crippen molar-refractivity contribution >= 4 is 114 Å². The van der Waals surface area contributed by atoms with Crippen molar-refractivity contribution in [1.82, 2.24) is 70.8 Å². The van der Waals surface area contributed by atoms with Gasteiger partial charge in [0.1, 0.15) is 34.2 Å². The lowest BCUT2D eigenvalue weighted by atomic mass is 10.2. The maximum atomic E-state index is 12.8. The molecular formula is C83H74FN18O17+. The number of hydrogen-bond acceptors (Lipinski definition) is 22. The quantitative estimate of drug-likeness (QED) is 0.0179. The SMILES string of the molecule is COC(=O)C1=CC=[C+]C1.COC(=O)CCCn1c(=O)c2cccn2c2ncccc21.COC(=O)c1cccn1-c1ncccc1[N+](=O)[O-].Cc1ccc(NC(=O)CCCn2c(=O)c3cccn3c3ncccc32)cc1.O=C(O)CCCn1c(=O)c2cccn2c2ncccc21.O=[N+]([O-])c1cccnc1F.O=c1[nH]c2cccnc2n2cccc12. The van der Waals surface area contributed by atoms with E-state index in [2.05, 4.69) is 60.5 Å². The molecule has 16 aromatic rings. The average molecular weight is 1610 g/mol. The van der Waals surface area contributed by atoms with E-state index in [1.54, 1.807) is 129 Å². The van der Waals surface area contributed by atoms with E-state index in [1.165, 1.54) is 62.6 Å². The number of methoxy groups -OCH3 is 3. The van der Waals surface area contributed by atoms with E-state index in [1.807, 2.05) is 98.3 Å². The first-order valence-corrected chi connectivity index (χ1v) is 36.5. The van der Waals surface area contributed by atoms with Gasteiger partial charge in [0.25, 0.3) is 28.2 Å². The van der Waals surface area contributed by atoms with Crippen molar-refractivity contribution in [3.63, 3.8) is 0 Å². The Balaban J connectivity index is 0.000000139. The molecule has 0 saturated carbocycles. The molecule has 0 unspecified atom stereocenters. The Morgan fingerprint density at radius 3 is 1.41 bits per heavy atom. The number of allylic oxidation sites excluding steroid dienone is 3. The van der Waals surface area contributed by atoms with Gasteiger partial charge in [-0.2, -0.15) is 4.39 Å². The van der Waals surface area contributed by atoms with Crippen LogP contribution in [0.2, 0.25) is 0 Å². The Kier molecular flexibility index (Phi) is 27.9. The number of carbonyl (C=O) groups is 5. The fourth-order valence-electron chi connectivity index (χ4n) is 12.5. The molecule has 604 valence electrons. The number of anilines is 1. The fraction of sp³-hybridized carbons (Fsp3) is 0.169. The van der Waals surface area contributed by atoms with Gasteiger partial charge in [0.15, 0.2) is 34.2 Å².